The third-order valence-corrected chi connectivity index (χ3v) is 5.23. The van der Waals surface area contributed by atoms with Crippen molar-refractivity contribution in [2.24, 2.45) is 0 Å². The van der Waals surface area contributed by atoms with Crippen LogP contribution in [0.15, 0.2) is 48.5 Å². The lowest BCUT2D eigenvalue weighted by Gasteiger charge is -2.21. The molecule has 2 heterocycles. The molecule has 0 fully saturated rings. The number of fused-ring (bicyclic) bond motifs is 2. The lowest BCUT2D eigenvalue weighted by Crippen LogP contribution is -2.24. The van der Waals surface area contributed by atoms with Crippen molar-refractivity contribution in [2.45, 2.75) is 13.3 Å². The van der Waals surface area contributed by atoms with E-state index in [0.29, 0.717) is 0 Å². The van der Waals surface area contributed by atoms with Gasteiger partial charge >= 0.3 is 0 Å². The standard InChI is InChI=1S/C23H27N5/c1-16-17-10-5-7-12-19(17)24-21(16)22-25-20-13-8-6-11-18(20)23(26-22)28(4)15-9-14-27(2)3/h5-8,10-13,24H,9,14-15H2,1-4H3. The number of para-hydroxylation sites is 2. The lowest BCUT2D eigenvalue weighted by molar-refractivity contribution is 0.401. The van der Waals surface area contributed by atoms with Gasteiger partial charge in [-0.1, -0.05) is 30.3 Å². The number of anilines is 1. The van der Waals surface area contributed by atoms with E-state index in [-0.39, 0.29) is 0 Å². The Labute approximate surface area is 166 Å². The molecule has 2 aromatic carbocycles. The van der Waals surface area contributed by atoms with E-state index < -0.39 is 0 Å². The van der Waals surface area contributed by atoms with Gasteiger partial charge in [-0.3, -0.25) is 0 Å². The second-order valence-electron chi connectivity index (χ2n) is 7.64. The Morgan fingerprint density at radius 1 is 0.857 bits per heavy atom. The summed E-state index contributed by atoms with van der Waals surface area (Å²) >= 11 is 0. The van der Waals surface area contributed by atoms with Crippen LogP contribution in [-0.2, 0) is 0 Å². The van der Waals surface area contributed by atoms with Gasteiger partial charge in [0.05, 0.1) is 11.2 Å². The molecule has 0 aliphatic rings. The Bertz CT molecular complexity index is 1110. The van der Waals surface area contributed by atoms with E-state index in [1.165, 1.54) is 10.9 Å². The summed E-state index contributed by atoms with van der Waals surface area (Å²) in [5.41, 5.74) is 4.27. The molecule has 144 valence electrons. The second kappa shape index (κ2) is 7.60. The van der Waals surface area contributed by atoms with Crippen molar-refractivity contribution >= 4 is 27.6 Å². The van der Waals surface area contributed by atoms with Crippen LogP contribution in [0.5, 0.6) is 0 Å². The molecule has 0 aliphatic heterocycles. The molecule has 5 nitrogen and oxygen atoms in total. The summed E-state index contributed by atoms with van der Waals surface area (Å²) in [6.45, 7) is 4.14. The normalized spacial score (nSPS) is 11.6. The van der Waals surface area contributed by atoms with Crippen LogP contribution < -0.4 is 4.90 Å². The van der Waals surface area contributed by atoms with Crippen LogP contribution in [0.3, 0.4) is 0 Å². The van der Waals surface area contributed by atoms with E-state index >= 15 is 0 Å². The highest BCUT2D eigenvalue weighted by Gasteiger charge is 2.16. The fourth-order valence-corrected chi connectivity index (χ4v) is 3.70. The zero-order valence-electron chi connectivity index (χ0n) is 17.0. The predicted octanol–water partition coefficient (Wildman–Crippen LogP) is 4.47. The van der Waals surface area contributed by atoms with E-state index in [1.807, 2.05) is 12.1 Å². The summed E-state index contributed by atoms with van der Waals surface area (Å²) in [7, 11) is 6.33. The van der Waals surface area contributed by atoms with Crippen molar-refractivity contribution in [3.8, 4) is 11.5 Å². The van der Waals surface area contributed by atoms with Crippen molar-refractivity contribution in [3.05, 3.63) is 54.1 Å². The lowest BCUT2D eigenvalue weighted by atomic mass is 10.1. The number of aromatic amines is 1. The molecule has 0 saturated heterocycles. The van der Waals surface area contributed by atoms with E-state index in [4.69, 9.17) is 9.97 Å². The summed E-state index contributed by atoms with van der Waals surface area (Å²) in [5.74, 6) is 1.74. The van der Waals surface area contributed by atoms with Gasteiger partial charge in [0.2, 0.25) is 0 Å². The first-order valence-corrected chi connectivity index (χ1v) is 9.75. The molecule has 2 aromatic heterocycles. The molecule has 0 amide bonds. The molecule has 5 heteroatoms. The van der Waals surface area contributed by atoms with Crippen LogP contribution in [0, 0.1) is 6.92 Å². The van der Waals surface area contributed by atoms with Crippen molar-refractivity contribution in [1.82, 2.24) is 19.9 Å². The van der Waals surface area contributed by atoms with Crippen molar-refractivity contribution in [2.75, 3.05) is 39.1 Å². The fourth-order valence-electron chi connectivity index (χ4n) is 3.70. The van der Waals surface area contributed by atoms with E-state index in [0.717, 1.165) is 53.3 Å². The van der Waals surface area contributed by atoms with Crippen molar-refractivity contribution < 1.29 is 0 Å². The van der Waals surface area contributed by atoms with Crippen LogP contribution in [0.4, 0.5) is 5.82 Å². The molecular weight excluding hydrogens is 346 g/mol. The van der Waals surface area contributed by atoms with Gasteiger partial charge in [0.15, 0.2) is 5.82 Å². The van der Waals surface area contributed by atoms with Gasteiger partial charge in [-0.25, -0.2) is 9.97 Å². The zero-order valence-corrected chi connectivity index (χ0v) is 17.0. The largest absolute Gasteiger partial charge is 0.359 e. The van der Waals surface area contributed by atoms with Gasteiger partial charge < -0.3 is 14.8 Å². The maximum atomic E-state index is 4.99. The Hall–Kier alpha value is -2.92. The smallest absolute Gasteiger partial charge is 0.178 e. The van der Waals surface area contributed by atoms with Crippen LogP contribution in [0.2, 0.25) is 0 Å². The highest BCUT2D eigenvalue weighted by Crippen LogP contribution is 2.31. The van der Waals surface area contributed by atoms with Gasteiger partial charge in [0, 0.05) is 29.9 Å². The fraction of sp³-hybridized carbons (Fsp3) is 0.304. The number of hydrogen-bond donors (Lipinski definition) is 1. The first kappa shape index (κ1) is 18.4. The molecule has 0 spiro atoms. The molecule has 0 saturated carbocycles. The molecule has 0 radical (unpaired) electrons. The average Bonchev–Trinajstić information content (AvgIpc) is 3.03. The molecule has 4 aromatic rings. The molecule has 0 aliphatic carbocycles. The number of nitrogens with one attached hydrogen (secondary N) is 1. The molecule has 0 bridgehead atoms. The summed E-state index contributed by atoms with van der Waals surface area (Å²) in [5, 5.41) is 2.31. The number of aromatic nitrogens is 3. The molecular formula is C23H27N5. The van der Waals surface area contributed by atoms with Crippen LogP contribution >= 0.6 is 0 Å². The summed E-state index contributed by atoms with van der Waals surface area (Å²) in [6, 6.07) is 16.6. The van der Waals surface area contributed by atoms with Crippen molar-refractivity contribution in [3.63, 3.8) is 0 Å². The van der Waals surface area contributed by atoms with Crippen LogP contribution in [0.1, 0.15) is 12.0 Å². The van der Waals surface area contributed by atoms with Gasteiger partial charge in [-0.15, -0.1) is 0 Å². The average molecular weight is 374 g/mol. The monoisotopic (exact) mass is 373 g/mol. The number of rotatable bonds is 6. The Morgan fingerprint density at radius 3 is 2.32 bits per heavy atom. The Morgan fingerprint density at radius 2 is 1.57 bits per heavy atom. The summed E-state index contributed by atoms with van der Waals surface area (Å²) < 4.78 is 0. The highest BCUT2D eigenvalue weighted by atomic mass is 15.2. The quantitative estimate of drug-likeness (QED) is 0.541. The number of benzene rings is 2. The minimum atomic E-state index is 0.752. The number of nitrogens with zero attached hydrogens (tertiary/aromatic N) is 4. The zero-order chi connectivity index (χ0) is 19.7. The van der Waals surface area contributed by atoms with Crippen LogP contribution in [-0.4, -0.2) is 54.1 Å². The first-order chi connectivity index (χ1) is 13.5. The van der Waals surface area contributed by atoms with Crippen molar-refractivity contribution in [1.29, 1.82) is 0 Å². The number of H-pyrrole nitrogens is 1. The minimum Gasteiger partial charge on any atom is -0.359 e. The third-order valence-electron chi connectivity index (χ3n) is 5.23. The topological polar surface area (TPSA) is 48.1 Å². The highest BCUT2D eigenvalue weighted by molar-refractivity contribution is 5.93. The van der Waals surface area contributed by atoms with E-state index in [9.17, 15) is 0 Å². The Kier molecular flexibility index (Phi) is 5.01. The molecule has 4 rings (SSSR count). The van der Waals surface area contributed by atoms with E-state index in [2.05, 4.69) is 79.2 Å². The summed E-state index contributed by atoms with van der Waals surface area (Å²) in [4.78, 5) is 17.8. The molecule has 0 unspecified atom stereocenters. The van der Waals surface area contributed by atoms with Crippen LogP contribution in [0.25, 0.3) is 33.3 Å². The summed E-state index contributed by atoms with van der Waals surface area (Å²) in [6.07, 6.45) is 1.09. The van der Waals surface area contributed by atoms with Gasteiger partial charge in [0.25, 0.3) is 0 Å². The predicted molar refractivity (Wildman–Crippen MR) is 118 cm³/mol. The van der Waals surface area contributed by atoms with Gasteiger partial charge in [-0.2, -0.15) is 0 Å². The second-order valence-corrected chi connectivity index (χ2v) is 7.64. The minimum absolute atomic E-state index is 0.752. The Balaban J connectivity index is 1.80. The maximum Gasteiger partial charge on any atom is 0.178 e. The number of aryl methyl sites for hydroxylation is 1. The van der Waals surface area contributed by atoms with E-state index in [1.54, 1.807) is 0 Å². The first-order valence-electron chi connectivity index (χ1n) is 9.75. The molecule has 1 N–H and O–H groups in total. The third kappa shape index (κ3) is 3.45. The number of hydrogen-bond acceptors (Lipinski definition) is 4. The SMILES string of the molecule is Cc1c(-c2nc(N(C)CCCN(C)C)c3ccccc3n2)[nH]c2ccccc12. The van der Waals surface area contributed by atoms with Gasteiger partial charge in [0.1, 0.15) is 5.82 Å². The maximum absolute atomic E-state index is 4.99. The van der Waals surface area contributed by atoms with Gasteiger partial charge in [-0.05, 0) is 57.7 Å². The molecule has 28 heavy (non-hydrogen) atoms. The molecule has 0 atom stereocenters.